The van der Waals surface area contributed by atoms with E-state index in [0.717, 1.165) is 29.3 Å². The molecule has 0 unspecified atom stereocenters. The summed E-state index contributed by atoms with van der Waals surface area (Å²) >= 11 is 0. The largest absolute Gasteiger partial charge is 0.453 e. The fraction of sp³-hybridized carbons (Fsp3) is 0.0526. The second-order valence-electron chi connectivity index (χ2n) is 5.11. The first-order valence-electron chi connectivity index (χ1n) is 7.04. The number of rotatable bonds is 2. The summed E-state index contributed by atoms with van der Waals surface area (Å²) in [5.41, 5.74) is 4.30. The van der Waals surface area contributed by atoms with E-state index in [1.54, 1.807) is 0 Å². The van der Waals surface area contributed by atoms with Crippen LogP contribution in [0.1, 0.15) is 11.1 Å². The maximum Gasteiger partial charge on any atom is 0.153 e. The fourth-order valence-corrected chi connectivity index (χ4v) is 2.61. The predicted molar refractivity (Wildman–Crippen MR) is 83.7 cm³/mol. The smallest absolute Gasteiger partial charge is 0.153 e. The number of hydrogen-bond donors (Lipinski definition) is 0. The zero-order valence-corrected chi connectivity index (χ0v) is 11.5. The summed E-state index contributed by atoms with van der Waals surface area (Å²) in [5, 5.41) is 4.78. The number of fused-ring (bicyclic) bond motifs is 2. The Morgan fingerprint density at radius 1 is 0.714 bits per heavy atom. The molecule has 0 bridgehead atoms. The summed E-state index contributed by atoms with van der Waals surface area (Å²) in [6.07, 6.45) is 0.860. The van der Waals surface area contributed by atoms with Gasteiger partial charge in [-0.25, -0.2) is 5.32 Å². The molecule has 0 saturated heterocycles. The van der Waals surface area contributed by atoms with Crippen molar-refractivity contribution in [3.63, 3.8) is 0 Å². The minimum Gasteiger partial charge on any atom is -0.453 e. The van der Waals surface area contributed by atoms with E-state index < -0.39 is 0 Å². The van der Waals surface area contributed by atoms with Crippen LogP contribution in [0.2, 0.25) is 0 Å². The third-order valence-electron chi connectivity index (χ3n) is 3.64. The fourth-order valence-electron chi connectivity index (χ4n) is 2.61. The van der Waals surface area contributed by atoms with Crippen LogP contribution in [0, 0.1) is 0 Å². The lowest BCUT2D eigenvalue weighted by Gasteiger charge is -2.21. The summed E-state index contributed by atoms with van der Waals surface area (Å²) in [4.78, 5) is 0. The lowest BCUT2D eigenvalue weighted by Crippen LogP contribution is -2.05. The highest BCUT2D eigenvalue weighted by molar-refractivity contribution is 5.70. The van der Waals surface area contributed by atoms with Crippen LogP contribution in [-0.2, 0) is 6.42 Å². The van der Waals surface area contributed by atoms with Gasteiger partial charge in [-0.2, -0.15) is 0 Å². The van der Waals surface area contributed by atoms with Crippen LogP contribution in [0.3, 0.4) is 0 Å². The Balaban J connectivity index is 1.73. The highest BCUT2D eigenvalue weighted by Crippen LogP contribution is 2.43. The Morgan fingerprint density at radius 2 is 1.48 bits per heavy atom. The molecule has 0 N–H and O–H groups in total. The molecule has 0 fully saturated rings. The minimum absolute atomic E-state index is 0.821. The molecule has 3 aromatic carbocycles. The maximum absolute atomic E-state index is 5.96. The van der Waals surface area contributed by atoms with Crippen LogP contribution < -0.4 is 10.1 Å². The molecule has 4 rings (SSSR count). The number of benzene rings is 3. The average molecular weight is 272 g/mol. The van der Waals surface area contributed by atoms with Crippen molar-refractivity contribution in [2.45, 2.75) is 6.42 Å². The Kier molecular flexibility index (Phi) is 2.86. The van der Waals surface area contributed by atoms with Gasteiger partial charge < -0.3 is 4.74 Å². The average Bonchev–Trinajstić information content (AvgIpc) is 2.54. The summed E-state index contributed by atoms with van der Waals surface area (Å²) in [6.45, 7) is 0. The molecule has 0 aliphatic carbocycles. The molecule has 0 saturated carbocycles. The number of nitrogens with zero attached hydrogens (tertiary/aromatic N) is 1. The van der Waals surface area contributed by atoms with E-state index in [9.17, 15) is 0 Å². The molecule has 2 nitrogen and oxygen atoms in total. The first-order chi connectivity index (χ1) is 10.4. The van der Waals surface area contributed by atoms with Crippen molar-refractivity contribution in [2.75, 3.05) is 0 Å². The third-order valence-corrected chi connectivity index (χ3v) is 3.64. The number of hydrogen-bond acceptors (Lipinski definition) is 1. The molecule has 1 aliphatic rings. The van der Waals surface area contributed by atoms with Gasteiger partial charge in [0.05, 0.1) is 0 Å². The quantitative estimate of drug-likeness (QED) is 0.506. The third kappa shape index (κ3) is 2.25. The van der Waals surface area contributed by atoms with Crippen molar-refractivity contribution >= 4 is 11.4 Å². The van der Waals surface area contributed by atoms with Gasteiger partial charge in [0.25, 0.3) is 0 Å². The highest BCUT2D eigenvalue weighted by atomic mass is 16.5. The van der Waals surface area contributed by atoms with Crippen LogP contribution in [0.4, 0.5) is 11.4 Å². The van der Waals surface area contributed by atoms with Crippen LogP contribution in [0.25, 0.3) is 0 Å². The van der Waals surface area contributed by atoms with Gasteiger partial charge in [0.1, 0.15) is 11.4 Å². The molecule has 1 radical (unpaired) electrons. The van der Waals surface area contributed by atoms with Crippen molar-refractivity contribution in [2.24, 2.45) is 0 Å². The molecule has 1 aliphatic heterocycles. The molecule has 101 valence electrons. The van der Waals surface area contributed by atoms with Gasteiger partial charge in [-0.1, -0.05) is 54.6 Å². The van der Waals surface area contributed by atoms with E-state index in [0.29, 0.717) is 0 Å². The molecule has 0 aromatic heterocycles. The molecule has 0 amide bonds. The number of ether oxygens (including phenoxy) is 1. The molecule has 0 atom stereocenters. The van der Waals surface area contributed by atoms with Crippen molar-refractivity contribution < 1.29 is 4.74 Å². The van der Waals surface area contributed by atoms with Gasteiger partial charge >= 0.3 is 0 Å². The van der Waals surface area contributed by atoms with Crippen LogP contribution in [-0.4, -0.2) is 0 Å². The van der Waals surface area contributed by atoms with E-state index in [4.69, 9.17) is 10.1 Å². The molecule has 1 heterocycles. The van der Waals surface area contributed by atoms with Gasteiger partial charge in [0, 0.05) is 0 Å². The van der Waals surface area contributed by atoms with E-state index in [1.807, 2.05) is 42.5 Å². The van der Waals surface area contributed by atoms with Gasteiger partial charge in [-0.3, -0.25) is 0 Å². The van der Waals surface area contributed by atoms with Crippen molar-refractivity contribution in [3.05, 3.63) is 83.9 Å². The zero-order chi connectivity index (χ0) is 14.1. The second kappa shape index (κ2) is 4.98. The summed E-state index contributed by atoms with van der Waals surface area (Å²) in [7, 11) is 0. The van der Waals surface area contributed by atoms with E-state index in [2.05, 4.69) is 30.3 Å². The van der Waals surface area contributed by atoms with Gasteiger partial charge in [0.15, 0.2) is 11.5 Å². The number of para-hydroxylation sites is 3. The topological polar surface area (TPSA) is 23.3 Å². The molecule has 0 spiro atoms. The molecule has 21 heavy (non-hydrogen) atoms. The summed E-state index contributed by atoms with van der Waals surface area (Å²) in [6, 6.07) is 24.4. The second-order valence-corrected chi connectivity index (χ2v) is 5.11. The molecule has 3 aromatic rings. The van der Waals surface area contributed by atoms with Crippen LogP contribution in [0.5, 0.6) is 11.5 Å². The SMILES string of the molecule is c1ccc(Cc2cccc3c2[N]c2ccccc2O3)cc1. The van der Waals surface area contributed by atoms with Crippen molar-refractivity contribution in [3.8, 4) is 11.5 Å². The van der Waals surface area contributed by atoms with Gasteiger partial charge in [-0.15, -0.1) is 0 Å². The molecular weight excluding hydrogens is 258 g/mol. The Morgan fingerprint density at radius 3 is 2.38 bits per heavy atom. The van der Waals surface area contributed by atoms with E-state index in [1.165, 1.54) is 11.1 Å². The standard InChI is InChI=1S/C19H14NO/c1-2-7-14(8-3-1)13-15-9-6-12-18-19(15)20-16-10-4-5-11-17(16)21-18/h1-12H,13H2. The maximum atomic E-state index is 5.96. The van der Waals surface area contributed by atoms with Gasteiger partial charge in [0.2, 0.25) is 0 Å². The lowest BCUT2D eigenvalue weighted by atomic mass is 10.0. The van der Waals surface area contributed by atoms with Crippen LogP contribution in [0.15, 0.2) is 72.8 Å². The minimum atomic E-state index is 0.821. The first kappa shape index (κ1) is 12.0. The summed E-state index contributed by atoms with van der Waals surface area (Å²) in [5.74, 6) is 1.66. The Labute approximate surface area is 124 Å². The first-order valence-corrected chi connectivity index (χ1v) is 7.04. The highest BCUT2D eigenvalue weighted by Gasteiger charge is 2.20. The normalized spacial score (nSPS) is 11.8. The Hall–Kier alpha value is -2.74. The van der Waals surface area contributed by atoms with E-state index >= 15 is 0 Å². The Bertz CT molecular complexity index is 781. The van der Waals surface area contributed by atoms with Crippen LogP contribution >= 0.6 is 0 Å². The predicted octanol–water partition coefficient (Wildman–Crippen LogP) is 4.95. The molecule has 2 heteroatoms. The summed E-state index contributed by atoms with van der Waals surface area (Å²) < 4.78 is 5.96. The lowest BCUT2D eigenvalue weighted by molar-refractivity contribution is 0.470. The van der Waals surface area contributed by atoms with E-state index in [-0.39, 0.29) is 0 Å². The zero-order valence-electron chi connectivity index (χ0n) is 11.5. The van der Waals surface area contributed by atoms with Gasteiger partial charge in [-0.05, 0) is 35.7 Å². The molecular formula is C19H14NO. The van der Waals surface area contributed by atoms with Crippen molar-refractivity contribution in [1.29, 1.82) is 0 Å². The monoisotopic (exact) mass is 272 g/mol. The van der Waals surface area contributed by atoms with Crippen molar-refractivity contribution in [1.82, 2.24) is 5.32 Å².